The summed E-state index contributed by atoms with van der Waals surface area (Å²) in [6, 6.07) is 7.54. The van der Waals surface area contributed by atoms with Crippen molar-refractivity contribution >= 4 is 17.6 Å². The van der Waals surface area contributed by atoms with Crippen LogP contribution in [0.25, 0.3) is 0 Å². The Bertz CT molecular complexity index is 578. The molecule has 1 aromatic carbocycles. The molecule has 0 saturated carbocycles. The van der Waals surface area contributed by atoms with E-state index in [0.29, 0.717) is 6.54 Å². The first kappa shape index (κ1) is 16.8. The summed E-state index contributed by atoms with van der Waals surface area (Å²) in [5, 5.41) is 9.17. The van der Waals surface area contributed by atoms with Gasteiger partial charge in [-0.3, -0.25) is 4.79 Å². The standard InChI is InChI=1S/C18H26N4O2/c23-17(16-8-1-2-9-19-16)20-13-14-6-5-7-15(12-14)21-18(24)22-10-3-4-11-22/h5-7,12,16,19H,1-4,8-11,13H2,(H,20,23)(H,21,24). The first-order chi connectivity index (χ1) is 11.7. The average Bonchev–Trinajstić information content (AvgIpc) is 3.15. The fourth-order valence-electron chi connectivity index (χ4n) is 3.27. The molecule has 2 fully saturated rings. The Labute approximate surface area is 143 Å². The number of hydrogen-bond acceptors (Lipinski definition) is 3. The van der Waals surface area contributed by atoms with Crippen LogP contribution in [-0.4, -0.2) is 42.5 Å². The van der Waals surface area contributed by atoms with Crippen LogP contribution in [0.3, 0.4) is 0 Å². The van der Waals surface area contributed by atoms with Gasteiger partial charge in [0.1, 0.15) is 0 Å². The second-order valence-electron chi connectivity index (χ2n) is 6.54. The van der Waals surface area contributed by atoms with Crippen LogP contribution in [-0.2, 0) is 11.3 Å². The Hall–Kier alpha value is -2.08. The number of urea groups is 1. The lowest BCUT2D eigenvalue weighted by Gasteiger charge is -2.22. The molecular formula is C18H26N4O2. The number of nitrogens with one attached hydrogen (secondary N) is 3. The zero-order valence-corrected chi connectivity index (χ0v) is 14.0. The summed E-state index contributed by atoms with van der Waals surface area (Å²) >= 11 is 0. The van der Waals surface area contributed by atoms with Crippen molar-refractivity contribution in [3.63, 3.8) is 0 Å². The summed E-state index contributed by atoms with van der Waals surface area (Å²) in [4.78, 5) is 26.1. The minimum Gasteiger partial charge on any atom is -0.351 e. The Morgan fingerprint density at radius 2 is 2.00 bits per heavy atom. The van der Waals surface area contributed by atoms with E-state index in [2.05, 4.69) is 16.0 Å². The summed E-state index contributed by atoms with van der Waals surface area (Å²) in [5.41, 5.74) is 1.76. The van der Waals surface area contributed by atoms with Crippen molar-refractivity contribution in [2.45, 2.75) is 44.7 Å². The van der Waals surface area contributed by atoms with Crippen LogP contribution in [0, 0.1) is 0 Å². The first-order valence-electron chi connectivity index (χ1n) is 8.88. The zero-order chi connectivity index (χ0) is 16.8. The molecular weight excluding hydrogens is 304 g/mol. The molecule has 1 aromatic rings. The van der Waals surface area contributed by atoms with Crippen LogP contribution in [0.5, 0.6) is 0 Å². The molecule has 24 heavy (non-hydrogen) atoms. The van der Waals surface area contributed by atoms with Gasteiger partial charge in [0.25, 0.3) is 0 Å². The quantitative estimate of drug-likeness (QED) is 0.791. The lowest BCUT2D eigenvalue weighted by atomic mass is 10.0. The highest BCUT2D eigenvalue weighted by Crippen LogP contribution is 2.14. The molecule has 3 N–H and O–H groups in total. The van der Waals surface area contributed by atoms with Crippen LogP contribution in [0.2, 0.25) is 0 Å². The lowest BCUT2D eigenvalue weighted by molar-refractivity contribution is -0.123. The summed E-state index contributed by atoms with van der Waals surface area (Å²) in [7, 11) is 0. The molecule has 130 valence electrons. The Kier molecular flexibility index (Phi) is 5.69. The molecule has 1 unspecified atom stereocenters. The van der Waals surface area contributed by atoms with Gasteiger partial charge in [-0.25, -0.2) is 4.79 Å². The SMILES string of the molecule is O=C(NCc1cccc(NC(=O)N2CCCC2)c1)C1CCCCN1. The smallest absolute Gasteiger partial charge is 0.321 e. The van der Waals surface area contributed by atoms with E-state index >= 15 is 0 Å². The van der Waals surface area contributed by atoms with Crippen molar-refractivity contribution in [1.82, 2.24) is 15.5 Å². The third-order valence-corrected chi connectivity index (χ3v) is 4.67. The van der Waals surface area contributed by atoms with E-state index in [9.17, 15) is 9.59 Å². The minimum atomic E-state index is -0.0724. The van der Waals surface area contributed by atoms with Crippen LogP contribution in [0.1, 0.15) is 37.7 Å². The third kappa shape index (κ3) is 4.47. The van der Waals surface area contributed by atoms with Crippen LogP contribution in [0.4, 0.5) is 10.5 Å². The summed E-state index contributed by atoms with van der Waals surface area (Å²) in [6.45, 7) is 3.05. The first-order valence-corrected chi connectivity index (χ1v) is 8.88. The van der Waals surface area contributed by atoms with E-state index in [0.717, 1.165) is 63.0 Å². The highest BCUT2D eigenvalue weighted by molar-refractivity contribution is 5.89. The number of amides is 3. The van der Waals surface area contributed by atoms with Gasteiger partial charge >= 0.3 is 6.03 Å². The van der Waals surface area contributed by atoms with Gasteiger partial charge in [0, 0.05) is 25.3 Å². The van der Waals surface area contributed by atoms with Crippen LogP contribution >= 0.6 is 0 Å². The Morgan fingerprint density at radius 1 is 1.17 bits per heavy atom. The normalized spacial score (nSPS) is 20.7. The number of benzene rings is 1. The molecule has 2 aliphatic rings. The second-order valence-corrected chi connectivity index (χ2v) is 6.54. The van der Waals surface area contributed by atoms with Gasteiger partial charge in [-0.15, -0.1) is 0 Å². The molecule has 1 atom stereocenters. The van der Waals surface area contributed by atoms with E-state index in [-0.39, 0.29) is 18.0 Å². The van der Waals surface area contributed by atoms with Crippen molar-refractivity contribution in [2.24, 2.45) is 0 Å². The monoisotopic (exact) mass is 330 g/mol. The maximum Gasteiger partial charge on any atom is 0.321 e. The number of hydrogen-bond donors (Lipinski definition) is 3. The predicted molar refractivity (Wildman–Crippen MR) is 93.8 cm³/mol. The van der Waals surface area contributed by atoms with E-state index in [1.54, 1.807) is 0 Å². The van der Waals surface area contributed by atoms with E-state index in [4.69, 9.17) is 0 Å². The number of carbonyl (C=O) groups excluding carboxylic acids is 2. The lowest BCUT2D eigenvalue weighted by Crippen LogP contribution is -2.46. The minimum absolute atomic E-state index is 0.0416. The van der Waals surface area contributed by atoms with Crippen molar-refractivity contribution in [2.75, 3.05) is 25.0 Å². The molecule has 6 nitrogen and oxygen atoms in total. The maximum atomic E-state index is 12.2. The molecule has 0 aliphatic carbocycles. The number of carbonyl (C=O) groups is 2. The van der Waals surface area contributed by atoms with Gasteiger partial charge in [-0.1, -0.05) is 18.6 Å². The molecule has 0 aromatic heterocycles. The molecule has 0 bridgehead atoms. The zero-order valence-electron chi connectivity index (χ0n) is 14.0. The topological polar surface area (TPSA) is 73.5 Å². The van der Waals surface area contributed by atoms with E-state index in [1.807, 2.05) is 29.2 Å². The number of anilines is 1. The molecule has 0 spiro atoms. The molecule has 2 heterocycles. The molecule has 6 heteroatoms. The number of piperidine rings is 1. The van der Waals surface area contributed by atoms with Gasteiger partial charge in [-0.2, -0.15) is 0 Å². The molecule has 3 rings (SSSR count). The van der Waals surface area contributed by atoms with Gasteiger partial charge in [-0.05, 0) is 49.9 Å². The van der Waals surface area contributed by atoms with Gasteiger partial charge in [0.2, 0.25) is 5.91 Å². The van der Waals surface area contributed by atoms with Gasteiger partial charge in [0.15, 0.2) is 0 Å². The number of nitrogens with zero attached hydrogens (tertiary/aromatic N) is 1. The Balaban J connectivity index is 1.51. The predicted octanol–water partition coefficient (Wildman–Crippen LogP) is 2.07. The second kappa shape index (κ2) is 8.15. The van der Waals surface area contributed by atoms with Crippen molar-refractivity contribution in [3.8, 4) is 0 Å². The average molecular weight is 330 g/mol. The third-order valence-electron chi connectivity index (χ3n) is 4.67. The van der Waals surface area contributed by atoms with Gasteiger partial charge < -0.3 is 20.9 Å². The van der Waals surface area contributed by atoms with Crippen molar-refractivity contribution in [1.29, 1.82) is 0 Å². The highest BCUT2D eigenvalue weighted by Gasteiger charge is 2.20. The fraction of sp³-hybridized carbons (Fsp3) is 0.556. The maximum absolute atomic E-state index is 12.2. The molecule has 3 amide bonds. The molecule has 2 aliphatic heterocycles. The van der Waals surface area contributed by atoms with E-state index < -0.39 is 0 Å². The molecule has 0 radical (unpaired) electrons. The van der Waals surface area contributed by atoms with E-state index in [1.165, 1.54) is 0 Å². The van der Waals surface area contributed by atoms with Crippen LogP contribution < -0.4 is 16.0 Å². The fourth-order valence-corrected chi connectivity index (χ4v) is 3.27. The molecule has 2 saturated heterocycles. The van der Waals surface area contributed by atoms with Crippen molar-refractivity contribution < 1.29 is 9.59 Å². The van der Waals surface area contributed by atoms with Gasteiger partial charge in [0.05, 0.1) is 6.04 Å². The van der Waals surface area contributed by atoms with Crippen LogP contribution in [0.15, 0.2) is 24.3 Å². The Morgan fingerprint density at radius 3 is 2.75 bits per heavy atom. The van der Waals surface area contributed by atoms with Crippen molar-refractivity contribution in [3.05, 3.63) is 29.8 Å². The largest absolute Gasteiger partial charge is 0.351 e. The summed E-state index contributed by atoms with van der Waals surface area (Å²) in [5.74, 6) is 0.0567. The highest BCUT2D eigenvalue weighted by atomic mass is 16.2. The summed E-state index contributed by atoms with van der Waals surface area (Å²) < 4.78 is 0. The summed E-state index contributed by atoms with van der Waals surface area (Å²) in [6.07, 6.45) is 5.30. The number of rotatable bonds is 4. The number of likely N-dealkylation sites (tertiary alicyclic amines) is 1.